The van der Waals surface area contributed by atoms with Crippen molar-refractivity contribution in [3.63, 3.8) is 0 Å². The third-order valence-electron chi connectivity index (χ3n) is 2.78. The van der Waals surface area contributed by atoms with Gasteiger partial charge in [-0.3, -0.25) is 4.79 Å². The standard InChI is InChI=1S/C13H8F2N4O2/c14-7-3-6(4-8(15)5-7)11-12(21-19-13(11)16)9-1-2-10(20)18-17-9/h1-5H,(H2,16,19)(H,18,20). The van der Waals surface area contributed by atoms with E-state index in [1.54, 1.807) is 0 Å². The molecule has 8 heteroatoms. The van der Waals surface area contributed by atoms with Crippen LogP contribution >= 0.6 is 0 Å². The molecule has 3 aromatic rings. The number of nitrogens with one attached hydrogen (secondary N) is 1. The van der Waals surface area contributed by atoms with E-state index >= 15 is 0 Å². The number of hydrogen-bond donors (Lipinski definition) is 2. The van der Waals surface area contributed by atoms with Crippen molar-refractivity contribution in [1.82, 2.24) is 15.4 Å². The average molecular weight is 290 g/mol. The third-order valence-corrected chi connectivity index (χ3v) is 2.78. The van der Waals surface area contributed by atoms with Crippen LogP contribution < -0.4 is 11.3 Å². The van der Waals surface area contributed by atoms with Crippen LogP contribution in [-0.4, -0.2) is 15.4 Å². The van der Waals surface area contributed by atoms with Crippen molar-refractivity contribution in [2.75, 3.05) is 5.73 Å². The molecule has 0 saturated carbocycles. The second kappa shape index (κ2) is 4.82. The van der Waals surface area contributed by atoms with Crippen LogP contribution in [0.1, 0.15) is 0 Å². The molecular formula is C13H8F2N4O2. The lowest BCUT2D eigenvalue weighted by Gasteiger charge is -2.02. The van der Waals surface area contributed by atoms with Crippen molar-refractivity contribution in [2.45, 2.75) is 0 Å². The summed E-state index contributed by atoms with van der Waals surface area (Å²) in [5.41, 5.74) is 5.89. The van der Waals surface area contributed by atoms with Crippen LogP contribution in [0.2, 0.25) is 0 Å². The topological polar surface area (TPSA) is 97.8 Å². The summed E-state index contributed by atoms with van der Waals surface area (Å²) in [5, 5.41) is 9.58. The Morgan fingerprint density at radius 1 is 1.14 bits per heavy atom. The molecule has 0 atom stereocenters. The number of rotatable bonds is 2. The van der Waals surface area contributed by atoms with E-state index in [1.165, 1.54) is 12.1 Å². The maximum atomic E-state index is 13.3. The van der Waals surface area contributed by atoms with Gasteiger partial charge in [0, 0.05) is 12.1 Å². The predicted octanol–water partition coefficient (Wildman–Crippen LogP) is 1.95. The van der Waals surface area contributed by atoms with E-state index in [1.807, 2.05) is 0 Å². The quantitative estimate of drug-likeness (QED) is 0.751. The molecule has 0 spiro atoms. The van der Waals surface area contributed by atoms with Gasteiger partial charge in [0.2, 0.25) is 0 Å². The fraction of sp³-hybridized carbons (Fsp3) is 0. The fourth-order valence-electron chi connectivity index (χ4n) is 1.93. The van der Waals surface area contributed by atoms with Crippen LogP contribution in [0.4, 0.5) is 14.6 Å². The summed E-state index contributed by atoms with van der Waals surface area (Å²) in [6.07, 6.45) is 0. The summed E-state index contributed by atoms with van der Waals surface area (Å²) >= 11 is 0. The number of aromatic amines is 1. The summed E-state index contributed by atoms with van der Waals surface area (Å²) in [5.74, 6) is -1.45. The first-order chi connectivity index (χ1) is 10.0. The van der Waals surface area contributed by atoms with E-state index in [9.17, 15) is 13.6 Å². The van der Waals surface area contributed by atoms with Gasteiger partial charge in [0.1, 0.15) is 17.3 Å². The number of H-pyrrole nitrogens is 1. The van der Waals surface area contributed by atoms with Gasteiger partial charge < -0.3 is 10.3 Å². The lowest BCUT2D eigenvalue weighted by atomic mass is 10.0. The Morgan fingerprint density at radius 2 is 1.86 bits per heavy atom. The smallest absolute Gasteiger partial charge is 0.264 e. The summed E-state index contributed by atoms with van der Waals surface area (Å²) in [6, 6.07) is 5.56. The van der Waals surface area contributed by atoms with Crippen molar-refractivity contribution < 1.29 is 13.3 Å². The molecule has 2 heterocycles. The van der Waals surface area contributed by atoms with Crippen LogP contribution in [-0.2, 0) is 0 Å². The normalized spacial score (nSPS) is 10.8. The fourth-order valence-corrected chi connectivity index (χ4v) is 1.93. The molecule has 1 aromatic carbocycles. The Bertz CT molecular complexity index is 832. The van der Waals surface area contributed by atoms with Crippen molar-refractivity contribution in [3.05, 3.63) is 52.3 Å². The van der Waals surface area contributed by atoms with Crippen LogP contribution in [0, 0.1) is 11.6 Å². The minimum absolute atomic E-state index is 0.0389. The van der Waals surface area contributed by atoms with Gasteiger partial charge in [-0.2, -0.15) is 5.10 Å². The third kappa shape index (κ3) is 2.38. The van der Waals surface area contributed by atoms with E-state index in [0.717, 1.165) is 18.2 Å². The van der Waals surface area contributed by atoms with Gasteiger partial charge in [-0.1, -0.05) is 5.16 Å². The zero-order valence-electron chi connectivity index (χ0n) is 10.4. The summed E-state index contributed by atoms with van der Waals surface area (Å²) in [4.78, 5) is 11.0. The van der Waals surface area contributed by atoms with Crippen molar-refractivity contribution >= 4 is 5.82 Å². The molecule has 106 valence electrons. The SMILES string of the molecule is Nc1noc(-c2ccc(=O)[nH]n2)c1-c1cc(F)cc(F)c1. The van der Waals surface area contributed by atoms with E-state index in [2.05, 4.69) is 15.4 Å². The van der Waals surface area contributed by atoms with Gasteiger partial charge in [0.05, 0.1) is 5.56 Å². The molecule has 0 amide bonds. The molecule has 0 aliphatic rings. The molecule has 0 aliphatic carbocycles. The number of aromatic nitrogens is 3. The van der Waals surface area contributed by atoms with Gasteiger partial charge in [-0.25, -0.2) is 13.9 Å². The van der Waals surface area contributed by atoms with E-state index in [-0.39, 0.29) is 28.4 Å². The number of benzene rings is 1. The Hall–Kier alpha value is -3.03. The second-order valence-electron chi connectivity index (χ2n) is 4.24. The Balaban J connectivity index is 2.21. The van der Waals surface area contributed by atoms with E-state index < -0.39 is 17.2 Å². The first-order valence-corrected chi connectivity index (χ1v) is 5.82. The van der Waals surface area contributed by atoms with Crippen molar-refractivity contribution in [3.8, 4) is 22.6 Å². The van der Waals surface area contributed by atoms with Crippen LogP contribution in [0.3, 0.4) is 0 Å². The van der Waals surface area contributed by atoms with Crippen LogP contribution in [0.15, 0.2) is 39.6 Å². The Kier molecular flexibility index (Phi) is 2.98. The lowest BCUT2D eigenvalue weighted by Crippen LogP contribution is -2.05. The monoisotopic (exact) mass is 290 g/mol. The number of nitrogen functional groups attached to an aromatic ring is 1. The van der Waals surface area contributed by atoms with Gasteiger partial charge in [-0.05, 0) is 23.8 Å². The van der Waals surface area contributed by atoms with Crippen molar-refractivity contribution in [1.29, 1.82) is 0 Å². The molecule has 0 unspecified atom stereocenters. The molecule has 21 heavy (non-hydrogen) atoms. The summed E-state index contributed by atoms with van der Waals surface area (Å²) < 4.78 is 31.7. The van der Waals surface area contributed by atoms with Gasteiger partial charge in [-0.15, -0.1) is 0 Å². The molecule has 3 N–H and O–H groups in total. The molecule has 0 saturated heterocycles. The number of nitrogens with zero attached hydrogens (tertiary/aromatic N) is 2. The average Bonchev–Trinajstić information content (AvgIpc) is 2.80. The summed E-state index contributed by atoms with van der Waals surface area (Å²) in [7, 11) is 0. The lowest BCUT2D eigenvalue weighted by molar-refractivity contribution is 0.434. The maximum absolute atomic E-state index is 13.3. The Morgan fingerprint density at radius 3 is 2.48 bits per heavy atom. The molecule has 2 aromatic heterocycles. The zero-order chi connectivity index (χ0) is 15.0. The highest BCUT2D eigenvalue weighted by molar-refractivity contribution is 5.85. The number of hydrogen-bond acceptors (Lipinski definition) is 5. The van der Waals surface area contributed by atoms with Gasteiger partial charge in [0.15, 0.2) is 11.6 Å². The van der Waals surface area contributed by atoms with Crippen molar-refractivity contribution in [2.24, 2.45) is 0 Å². The molecule has 3 rings (SSSR count). The van der Waals surface area contributed by atoms with Gasteiger partial charge >= 0.3 is 0 Å². The first-order valence-electron chi connectivity index (χ1n) is 5.82. The van der Waals surface area contributed by atoms with E-state index in [0.29, 0.717) is 0 Å². The molecular weight excluding hydrogens is 282 g/mol. The highest BCUT2D eigenvalue weighted by Crippen LogP contribution is 2.35. The van der Waals surface area contributed by atoms with Gasteiger partial charge in [0.25, 0.3) is 5.56 Å². The summed E-state index contributed by atoms with van der Waals surface area (Å²) in [6.45, 7) is 0. The molecule has 6 nitrogen and oxygen atoms in total. The Labute approximate surface area is 116 Å². The number of nitrogens with two attached hydrogens (primary N) is 1. The first kappa shape index (κ1) is 13.0. The highest BCUT2D eigenvalue weighted by atomic mass is 19.1. The molecule has 0 bridgehead atoms. The van der Waals surface area contributed by atoms with Crippen LogP contribution in [0.5, 0.6) is 0 Å². The predicted molar refractivity (Wildman–Crippen MR) is 70.1 cm³/mol. The number of halogens is 2. The zero-order valence-corrected chi connectivity index (χ0v) is 10.4. The molecule has 0 aliphatic heterocycles. The molecule has 0 fully saturated rings. The molecule has 0 radical (unpaired) electrons. The largest absolute Gasteiger partial charge is 0.380 e. The minimum atomic E-state index is -0.758. The highest BCUT2D eigenvalue weighted by Gasteiger charge is 2.20. The minimum Gasteiger partial charge on any atom is -0.380 e. The van der Waals surface area contributed by atoms with E-state index in [4.69, 9.17) is 10.3 Å². The number of anilines is 1. The second-order valence-corrected chi connectivity index (χ2v) is 4.24. The van der Waals surface area contributed by atoms with Crippen LogP contribution in [0.25, 0.3) is 22.6 Å². The maximum Gasteiger partial charge on any atom is 0.264 e.